The number of amides is 2. The van der Waals surface area contributed by atoms with Crippen molar-refractivity contribution < 1.29 is 19.1 Å². The van der Waals surface area contributed by atoms with E-state index < -0.39 is 28.8 Å². The van der Waals surface area contributed by atoms with Gasteiger partial charge in [-0.25, -0.2) is 4.39 Å². The van der Waals surface area contributed by atoms with E-state index in [1.807, 2.05) is 0 Å². The van der Waals surface area contributed by atoms with E-state index in [0.29, 0.717) is 18.7 Å². The molecule has 1 atom stereocenters. The first-order valence-corrected chi connectivity index (χ1v) is 10.2. The van der Waals surface area contributed by atoms with Crippen molar-refractivity contribution in [3.05, 3.63) is 62.8 Å². The van der Waals surface area contributed by atoms with Crippen LogP contribution in [0.2, 0.25) is 0 Å². The summed E-state index contributed by atoms with van der Waals surface area (Å²) in [5.74, 6) is -2.26. The van der Waals surface area contributed by atoms with Crippen LogP contribution < -0.4 is 10.7 Å². The van der Waals surface area contributed by atoms with Gasteiger partial charge in [0.1, 0.15) is 11.4 Å². The van der Waals surface area contributed by atoms with Crippen molar-refractivity contribution in [2.24, 2.45) is 0 Å². The Morgan fingerprint density at radius 1 is 1.27 bits per heavy atom. The van der Waals surface area contributed by atoms with E-state index in [9.17, 15) is 23.9 Å². The lowest BCUT2D eigenvalue weighted by Gasteiger charge is -2.38. The Balaban J connectivity index is 1.65. The van der Waals surface area contributed by atoms with Crippen LogP contribution in [0, 0.1) is 12.7 Å². The highest BCUT2D eigenvalue weighted by Crippen LogP contribution is 2.31. The van der Waals surface area contributed by atoms with Gasteiger partial charge in [-0.1, -0.05) is 25.0 Å². The molecule has 2 aliphatic heterocycles. The van der Waals surface area contributed by atoms with Crippen LogP contribution in [0.15, 0.2) is 29.2 Å². The van der Waals surface area contributed by atoms with Crippen molar-refractivity contribution in [3.8, 4) is 5.75 Å². The minimum atomic E-state index is -0.894. The molecule has 0 saturated carbocycles. The normalized spacial score (nSPS) is 18.4. The van der Waals surface area contributed by atoms with E-state index in [4.69, 9.17) is 0 Å². The molecule has 4 rings (SSSR count). The maximum Gasteiger partial charge on any atom is 0.274 e. The van der Waals surface area contributed by atoms with Crippen LogP contribution in [0.5, 0.6) is 5.75 Å². The molecule has 30 heavy (non-hydrogen) atoms. The first-order chi connectivity index (χ1) is 14.4. The average molecular weight is 413 g/mol. The summed E-state index contributed by atoms with van der Waals surface area (Å²) < 4.78 is 15.6. The number of carbonyl (C=O) groups is 2. The van der Waals surface area contributed by atoms with Crippen molar-refractivity contribution in [3.63, 3.8) is 0 Å². The third-order valence-corrected chi connectivity index (χ3v) is 5.88. The zero-order chi connectivity index (χ0) is 21.4. The number of benzene rings is 1. The smallest absolute Gasteiger partial charge is 0.274 e. The van der Waals surface area contributed by atoms with Gasteiger partial charge in [-0.05, 0) is 31.4 Å². The predicted octanol–water partition coefficient (Wildman–Crippen LogP) is 2.50. The number of aryl methyl sites for hydroxylation is 1. The lowest BCUT2D eigenvalue weighted by atomic mass is 9.99. The van der Waals surface area contributed by atoms with Gasteiger partial charge in [-0.15, -0.1) is 0 Å². The Hall–Kier alpha value is -3.16. The molecule has 1 aromatic carbocycles. The molecule has 1 saturated heterocycles. The van der Waals surface area contributed by atoms with E-state index >= 15 is 0 Å². The summed E-state index contributed by atoms with van der Waals surface area (Å²) in [6, 6.07) is 4.57. The number of nitrogens with one attached hydrogen (secondary N) is 1. The summed E-state index contributed by atoms with van der Waals surface area (Å²) in [7, 11) is 0. The molecular weight excluding hydrogens is 389 g/mol. The Morgan fingerprint density at radius 3 is 2.83 bits per heavy atom. The Kier molecular flexibility index (Phi) is 5.32. The molecule has 1 aromatic heterocycles. The molecule has 1 unspecified atom stereocenters. The summed E-state index contributed by atoms with van der Waals surface area (Å²) in [5.41, 5.74) is -0.152. The van der Waals surface area contributed by atoms with Crippen LogP contribution in [-0.4, -0.2) is 39.5 Å². The average Bonchev–Trinajstić information content (AvgIpc) is 2.68. The summed E-state index contributed by atoms with van der Waals surface area (Å²) in [6.07, 6.45) is 5.00. The third-order valence-electron chi connectivity index (χ3n) is 5.88. The quantitative estimate of drug-likeness (QED) is 0.809. The second-order valence-electron chi connectivity index (χ2n) is 8.01. The highest BCUT2D eigenvalue weighted by Gasteiger charge is 2.35. The highest BCUT2D eigenvalue weighted by atomic mass is 19.1. The molecule has 2 amide bonds. The zero-order valence-electron chi connectivity index (χ0n) is 16.8. The molecule has 1 fully saturated rings. The first kappa shape index (κ1) is 20.1. The largest absolute Gasteiger partial charge is 0.503 e. The molecule has 2 aromatic rings. The van der Waals surface area contributed by atoms with E-state index in [1.165, 1.54) is 12.3 Å². The zero-order valence-corrected chi connectivity index (χ0v) is 16.8. The Bertz CT molecular complexity index is 1080. The molecule has 0 spiro atoms. The molecule has 0 radical (unpaired) electrons. The van der Waals surface area contributed by atoms with Gasteiger partial charge in [0, 0.05) is 31.4 Å². The summed E-state index contributed by atoms with van der Waals surface area (Å²) in [6.45, 7) is 2.75. The molecule has 7 nitrogen and oxygen atoms in total. The van der Waals surface area contributed by atoms with Crippen LogP contribution in [0.25, 0.3) is 0 Å². The molecule has 2 bridgehead atoms. The van der Waals surface area contributed by atoms with Gasteiger partial charge < -0.3 is 19.9 Å². The monoisotopic (exact) mass is 413 g/mol. The number of carbonyl (C=O) groups excluding carboxylic acids is 2. The first-order valence-electron chi connectivity index (χ1n) is 10.2. The van der Waals surface area contributed by atoms with Crippen molar-refractivity contribution >= 4 is 11.8 Å². The molecule has 2 aliphatic rings. The lowest BCUT2D eigenvalue weighted by Crippen LogP contribution is -2.46. The Labute approximate surface area is 173 Å². The van der Waals surface area contributed by atoms with Crippen LogP contribution in [-0.2, 0) is 6.54 Å². The fourth-order valence-corrected chi connectivity index (χ4v) is 4.21. The second-order valence-corrected chi connectivity index (χ2v) is 8.01. The van der Waals surface area contributed by atoms with Crippen molar-refractivity contribution in [1.29, 1.82) is 0 Å². The summed E-state index contributed by atoms with van der Waals surface area (Å²) in [5, 5.41) is 13.0. The number of hydrogen-bond acceptors (Lipinski definition) is 4. The van der Waals surface area contributed by atoms with Crippen LogP contribution in [0.1, 0.15) is 63.7 Å². The van der Waals surface area contributed by atoms with Crippen LogP contribution in [0.4, 0.5) is 4.39 Å². The fraction of sp³-hybridized carbons (Fsp3) is 0.409. The van der Waals surface area contributed by atoms with Gasteiger partial charge in [0.25, 0.3) is 11.8 Å². The standard InChI is InChI=1S/C22H24FN3O4/c1-13-6-7-14(17(23)9-13)10-24-21(29)16-12-26-15-5-3-2-4-8-25(11-15)22(30)18(26)20(28)19(16)27/h6-7,9,12,15,28H,2-5,8,10-11H2,1H3,(H,24,29). The number of aromatic nitrogens is 1. The number of nitrogens with zero attached hydrogens (tertiary/aromatic N) is 2. The third kappa shape index (κ3) is 3.58. The van der Waals surface area contributed by atoms with Crippen molar-refractivity contribution in [1.82, 2.24) is 14.8 Å². The minimum Gasteiger partial charge on any atom is -0.503 e. The van der Waals surface area contributed by atoms with E-state index in [2.05, 4.69) is 5.32 Å². The lowest BCUT2D eigenvalue weighted by molar-refractivity contribution is 0.0631. The second kappa shape index (κ2) is 7.93. The number of fused-ring (bicyclic) bond motifs is 4. The molecule has 8 heteroatoms. The number of pyridine rings is 1. The number of halogens is 1. The maximum absolute atomic E-state index is 14.0. The highest BCUT2D eigenvalue weighted by molar-refractivity contribution is 5.99. The molecular formula is C22H24FN3O4. The Morgan fingerprint density at radius 2 is 2.07 bits per heavy atom. The van der Waals surface area contributed by atoms with Gasteiger partial charge in [-0.2, -0.15) is 0 Å². The van der Waals surface area contributed by atoms with E-state index in [0.717, 1.165) is 31.2 Å². The van der Waals surface area contributed by atoms with Gasteiger partial charge in [0.2, 0.25) is 5.43 Å². The fourth-order valence-electron chi connectivity index (χ4n) is 4.21. The van der Waals surface area contributed by atoms with Crippen molar-refractivity contribution in [2.75, 3.05) is 13.1 Å². The predicted molar refractivity (Wildman–Crippen MR) is 108 cm³/mol. The molecule has 3 heterocycles. The maximum atomic E-state index is 14.0. The molecule has 158 valence electrons. The van der Waals surface area contributed by atoms with Gasteiger partial charge in [-0.3, -0.25) is 14.4 Å². The van der Waals surface area contributed by atoms with E-state index in [1.54, 1.807) is 28.5 Å². The summed E-state index contributed by atoms with van der Waals surface area (Å²) >= 11 is 0. The van der Waals surface area contributed by atoms with Gasteiger partial charge in [0.15, 0.2) is 11.4 Å². The van der Waals surface area contributed by atoms with Crippen LogP contribution >= 0.6 is 0 Å². The number of hydrogen-bond donors (Lipinski definition) is 2. The van der Waals surface area contributed by atoms with Crippen molar-refractivity contribution in [2.45, 2.75) is 45.2 Å². The van der Waals surface area contributed by atoms with Gasteiger partial charge in [0.05, 0.1) is 6.04 Å². The number of aromatic hydroxyl groups is 1. The summed E-state index contributed by atoms with van der Waals surface area (Å²) in [4.78, 5) is 39.8. The minimum absolute atomic E-state index is 0.0562. The topological polar surface area (TPSA) is 91.6 Å². The molecule has 0 aliphatic carbocycles. The molecule has 2 N–H and O–H groups in total. The van der Waals surface area contributed by atoms with Crippen LogP contribution in [0.3, 0.4) is 0 Å². The SMILES string of the molecule is Cc1ccc(CNC(=O)c2cn3c(c(O)c2=O)C(=O)N2CCCCCC3C2)c(F)c1. The van der Waals surface area contributed by atoms with E-state index in [-0.39, 0.29) is 23.8 Å². The number of rotatable bonds is 3. The van der Waals surface area contributed by atoms with Gasteiger partial charge >= 0.3 is 0 Å².